The Hall–Kier alpha value is -2.54. The van der Waals surface area contributed by atoms with Gasteiger partial charge in [0.25, 0.3) is 0 Å². The van der Waals surface area contributed by atoms with Gasteiger partial charge in [-0.2, -0.15) is 0 Å². The molecule has 0 aliphatic heterocycles. The summed E-state index contributed by atoms with van der Waals surface area (Å²) in [6.07, 6.45) is 1.16. The molecule has 0 heterocycles. The molecule has 0 aromatic heterocycles. The third-order valence-electron chi connectivity index (χ3n) is 4.22. The van der Waals surface area contributed by atoms with Crippen LogP contribution in [0.15, 0.2) is 51.9 Å². The predicted molar refractivity (Wildman–Crippen MR) is 118 cm³/mol. The first kappa shape index (κ1) is 21.8. The number of carbonyl (C=O) groups excluding carboxylic acids is 1. The zero-order valence-corrected chi connectivity index (χ0v) is 18.1. The topological polar surface area (TPSA) is 74.8 Å². The third-order valence-corrected chi connectivity index (χ3v) is 4.71. The highest BCUT2D eigenvalue weighted by Crippen LogP contribution is 2.20. The van der Waals surface area contributed by atoms with E-state index < -0.39 is 0 Å². The van der Waals surface area contributed by atoms with Gasteiger partial charge in [-0.1, -0.05) is 40.2 Å². The number of hydrogen-bond donors (Lipinski definition) is 3. The van der Waals surface area contributed by atoms with Crippen LogP contribution < -0.4 is 20.7 Å². The lowest BCUT2D eigenvalue weighted by Crippen LogP contribution is -2.39. The summed E-state index contributed by atoms with van der Waals surface area (Å²) in [7, 11) is 3.39. The first-order chi connectivity index (χ1) is 13.5. The highest BCUT2D eigenvalue weighted by Gasteiger charge is 2.07. The molecule has 7 heteroatoms. The van der Waals surface area contributed by atoms with Gasteiger partial charge in [-0.25, -0.2) is 0 Å². The van der Waals surface area contributed by atoms with Crippen molar-refractivity contribution in [3.8, 4) is 5.75 Å². The van der Waals surface area contributed by atoms with E-state index in [2.05, 4.69) is 36.9 Å². The van der Waals surface area contributed by atoms with Crippen LogP contribution in [0.5, 0.6) is 5.75 Å². The number of aryl methyl sites for hydroxylation is 1. The minimum absolute atomic E-state index is 0.0434. The summed E-state index contributed by atoms with van der Waals surface area (Å²) in [6, 6.07) is 13.8. The average Bonchev–Trinajstić information content (AvgIpc) is 2.70. The second kappa shape index (κ2) is 11.3. The summed E-state index contributed by atoms with van der Waals surface area (Å²) < 4.78 is 6.30. The van der Waals surface area contributed by atoms with Crippen LogP contribution in [0.4, 0.5) is 5.69 Å². The highest BCUT2D eigenvalue weighted by molar-refractivity contribution is 9.10. The van der Waals surface area contributed by atoms with Crippen LogP contribution in [0, 0.1) is 6.92 Å². The lowest BCUT2D eigenvalue weighted by molar-refractivity contribution is -0.116. The van der Waals surface area contributed by atoms with Gasteiger partial charge < -0.3 is 20.7 Å². The summed E-state index contributed by atoms with van der Waals surface area (Å²) in [5.74, 6) is 1.51. The fourth-order valence-corrected chi connectivity index (χ4v) is 3.04. The number of carbonyl (C=O) groups is 1. The SMILES string of the molecule is CN=C(NCCC(=O)Nc1cc(Br)ccc1C)NCCc1ccccc1OC. The molecular weight excluding hydrogens is 420 g/mol. The molecule has 0 unspecified atom stereocenters. The van der Waals surface area contributed by atoms with E-state index >= 15 is 0 Å². The van der Waals surface area contributed by atoms with Crippen molar-refractivity contribution < 1.29 is 9.53 Å². The first-order valence-electron chi connectivity index (χ1n) is 9.16. The number of para-hydroxylation sites is 1. The fourth-order valence-electron chi connectivity index (χ4n) is 2.68. The zero-order valence-electron chi connectivity index (χ0n) is 16.5. The average molecular weight is 447 g/mol. The lowest BCUT2D eigenvalue weighted by atomic mass is 10.1. The van der Waals surface area contributed by atoms with Crippen LogP contribution in [0.25, 0.3) is 0 Å². The number of anilines is 1. The second-order valence-electron chi connectivity index (χ2n) is 6.25. The van der Waals surface area contributed by atoms with Gasteiger partial charge in [0.05, 0.1) is 7.11 Å². The molecule has 0 saturated heterocycles. The maximum absolute atomic E-state index is 12.2. The minimum atomic E-state index is -0.0434. The molecule has 0 spiro atoms. The highest BCUT2D eigenvalue weighted by atomic mass is 79.9. The molecular formula is C21H27BrN4O2. The van der Waals surface area contributed by atoms with Crippen molar-refractivity contribution in [2.24, 2.45) is 4.99 Å². The number of methoxy groups -OCH3 is 1. The number of hydrogen-bond acceptors (Lipinski definition) is 3. The molecule has 0 fully saturated rings. The third kappa shape index (κ3) is 6.88. The van der Waals surface area contributed by atoms with Gasteiger partial charge >= 0.3 is 0 Å². The first-order valence-corrected chi connectivity index (χ1v) is 9.95. The molecule has 0 aliphatic carbocycles. The van der Waals surface area contributed by atoms with E-state index in [0.29, 0.717) is 25.5 Å². The van der Waals surface area contributed by atoms with Crippen LogP contribution in [-0.4, -0.2) is 39.1 Å². The largest absolute Gasteiger partial charge is 0.496 e. The van der Waals surface area contributed by atoms with Crippen LogP contribution in [0.1, 0.15) is 17.5 Å². The van der Waals surface area contributed by atoms with Gasteiger partial charge in [0.2, 0.25) is 5.91 Å². The van der Waals surface area contributed by atoms with Crippen molar-refractivity contribution in [2.45, 2.75) is 19.8 Å². The molecule has 150 valence electrons. The molecule has 6 nitrogen and oxygen atoms in total. The summed E-state index contributed by atoms with van der Waals surface area (Å²) in [4.78, 5) is 16.4. The Balaban J connectivity index is 1.73. The molecule has 0 aliphatic rings. The molecule has 1 amide bonds. The van der Waals surface area contributed by atoms with Crippen molar-refractivity contribution in [1.82, 2.24) is 10.6 Å². The molecule has 2 rings (SSSR count). The van der Waals surface area contributed by atoms with Gasteiger partial charge in [0, 0.05) is 36.7 Å². The number of benzene rings is 2. The van der Waals surface area contributed by atoms with Gasteiger partial charge in [-0.15, -0.1) is 0 Å². The molecule has 0 radical (unpaired) electrons. The number of aliphatic imine (C=N–C) groups is 1. The summed E-state index contributed by atoms with van der Waals surface area (Å²) >= 11 is 3.42. The van der Waals surface area contributed by atoms with Crippen molar-refractivity contribution in [3.63, 3.8) is 0 Å². The Morgan fingerprint density at radius 1 is 1.14 bits per heavy atom. The predicted octanol–water partition coefficient (Wildman–Crippen LogP) is 3.50. The van der Waals surface area contributed by atoms with E-state index in [9.17, 15) is 4.79 Å². The molecule has 0 bridgehead atoms. The molecule has 28 heavy (non-hydrogen) atoms. The second-order valence-corrected chi connectivity index (χ2v) is 7.16. The molecule has 2 aromatic carbocycles. The smallest absolute Gasteiger partial charge is 0.226 e. The summed E-state index contributed by atoms with van der Waals surface area (Å²) in [5.41, 5.74) is 2.98. The zero-order chi connectivity index (χ0) is 20.4. The summed E-state index contributed by atoms with van der Waals surface area (Å²) in [6.45, 7) is 3.17. The van der Waals surface area contributed by atoms with E-state index in [4.69, 9.17) is 4.74 Å². The number of amides is 1. The minimum Gasteiger partial charge on any atom is -0.496 e. The Morgan fingerprint density at radius 2 is 1.89 bits per heavy atom. The monoisotopic (exact) mass is 446 g/mol. The number of nitrogens with one attached hydrogen (secondary N) is 3. The number of halogens is 1. The number of guanidine groups is 1. The normalized spacial score (nSPS) is 11.1. The quantitative estimate of drug-likeness (QED) is 0.428. The van der Waals surface area contributed by atoms with Crippen molar-refractivity contribution >= 4 is 33.5 Å². The standard InChI is InChI=1S/C21H27BrN4O2/c1-15-8-9-17(22)14-18(15)26-20(27)11-13-25-21(23-2)24-12-10-16-6-4-5-7-19(16)28-3/h4-9,14H,10-13H2,1-3H3,(H,26,27)(H2,23,24,25). The Labute approximate surface area is 174 Å². The van der Waals surface area contributed by atoms with Crippen LogP contribution >= 0.6 is 15.9 Å². The van der Waals surface area contributed by atoms with E-state index in [1.807, 2.05) is 49.4 Å². The van der Waals surface area contributed by atoms with Crippen molar-refractivity contribution in [2.75, 3.05) is 32.6 Å². The van der Waals surface area contributed by atoms with Gasteiger partial charge in [0.1, 0.15) is 5.75 Å². The Bertz CT molecular complexity index is 824. The van der Waals surface area contributed by atoms with E-state index in [1.54, 1.807) is 14.2 Å². The number of nitrogens with zero attached hydrogens (tertiary/aromatic N) is 1. The van der Waals surface area contributed by atoms with Crippen molar-refractivity contribution in [1.29, 1.82) is 0 Å². The van der Waals surface area contributed by atoms with Gasteiger partial charge in [-0.05, 0) is 42.7 Å². The maximum Gasteiger partial charge on any atom is 0.226 e. The van der Waals surface area contributed by atoms with Crippen LogP contribution in [0.2, 0.25) is 0 Å². The van der Waals surface area contributed by atoms with Crippen molar-refractivity contribution in [3.05, 3.63) is 58.1 Å². The maximum atomic E-state index is 12.2. The van der Waals surface area contributed by atoms with Crippen LogP contribution in [-0.2, 0) is 11.2 Å². The lowest BCUT2D eigenvalue weighted by Gasteiger charge is -2.13. The Morgan fingerprint density at radius 3 is 2.64 bits per heavy atom. The van der Waals surface area contributed by atoms with Crippen LogP contribution in [0.3, 0.4) is 0 Å². The molecule has 0 saturated carbocycles. The van der Waals surface area contributed by atoms with E-state index in [1.165, 1.54) is 0 Å². The van der Waals surface area contributed by atoms with E-state index in [-0.39, 0.29) is 5.91 Å². The molecule has 0 atom stereocenters. The van der Waals surface area contributed by atoms with E-state index in [0.717, 1.165) is 33.5 Å². The Kier molecular flexibility index (Phi) is 8.81. The number of ether oxygens (including phenoxy) is 1. The summed E-state index contributed by atoms with van der Waals surface area (Å²) in [5, 5.41) is 9.36. The molecule has 2 aromatic rings. The van der Waals surface area contributed by atoms with Gasteiger partial charge in [-0.3, -0.25) is 9.79 Å². The van der Waals surface area contributed by atoms with Gasteiger partial charge in [0.15, 0.2) is 5.96 Å². The number of rotatable bonds is 8. The molecule has 3 N–H and O–H groups in total. The fraction of sp³-hybridized carbons (Fsp3) is 0.333.